The van der Waals surface area contributed by atoms with E-state index in [2.05, 4.69) is 42.8 Å². The van der Waals surface area contributed by atoms with Gasteiger partial charge in [0.05, 0.1) is 6.20 Å². The lowest BCUT2D eigenvalue weighted by molar-refractivity contribution is 0.791. The van der Waals surface area contributed by atoms with Crippen LogP contribution in [0.4, 0.5) is 0 Å². The molecule has 0 aliphatic heterocycles. The lowest BCUT2D eigenvalue weighted by Crippen LogP contribution is -1.90. The molecule has 0 aliphatic carbocycles. The maximum absolute atomic E-state index is 3.21. The van der Waals surface area contributed by atoms with Crippen molar-refractivity contribution in [2.24, 2.45) is 0 Å². The van der Waals surface area contributed by atoms with Crippen LogP contribution in [-0.4, -0.2) is 4.57 Å². The number of nitrogens with zero attached hydrogens (tertiary/aromatic N) is 1. The molecule has 0 spiro atoms. The van der Waals surface area contributed by atoms with Gasteiger partial charge in [0, 0.05) is 17.4 Å². The maximum atomic E-state index is 3.21. The number of hydrogen-bond donors (Lipinski definition) is 0. The van der Waals surface area contributed by atoms with Gasteiger partial charge >= 0.3 is 0 Å². The van der Waals surface area contributed by atoms with Crippen LogP contribution in [0.25, 0.3) is 10.9 Å². The molecule has 12 heavy (non-hydrogen) atoms. The highest BCUT2D eigenvalue weighted by Gasteiger charge is 1.98. The highest BCUT2D eigenvalue weighted by Crippen LogP contribution is 2.16. The van der Waals surface area contributed by atoms with E-state index in [-0.39, 0.29) is 0 Å². The molecule has 0 saturated heterocycles. The molecule has 1 nitrogen and oxygen atoms in total. The Morgan fingerprint density at radius 3 is 3.00 bits per heavy atom. The molecule has 1 heteroatoms. The summed E-state index contributed by atoms with van der Waals surface area (Å²) in [6, 6.07) is 8.54. The van der Waals surface area contributed by atoms with Gasteiger partial charge in [0.1, 0.15) is 0 Å². The van der Waals surface area contributed by atoms with Crippen molar-refractivity contribution in [2.75, 3.05) is 0 Å². The van der Waals surface area contributed by atoms with Gasteiger partial charge in [-0.2, -0.15) is 0 Å². The summed E-state index contributed by atoms with van der Waals surface area (Å²) in [5.74, 6) is 0. The van der Waals surface area contributed by atoms with E-state index in [9.17, 15) is 0 Å². The Morgan fingerprint density at radius 2 is 2.25 bits per heavy atom. The van der Waals surface area contributed by atoms with Crippen molar-refractivity contribution in [3.05, 3.63) is 36.0 Å². The van der Waals surface area contributed by atoms with Crippen LogP contribution in [0.5, 0.6) is 0 Å². The van der Waals surface area contributed by atoms with Gasteiger partial charge in [-0.1, -0.05) is 11.6 Å². The quantitative estimate of drug-likeness (QED) is 0.601. The van der Waals surface area contributed by atoms with Crippen LogP contribution >= 0.6 is 0 Å². The third-order valence-corrected chi connectivity index (χ3v) is 2.17. The van der Waals surface area contributed by atoms with Crippen LogP contribution < -0.4 is 0 Å². The molecule has 2 rings (SSSR count). The van der Waals surface area contributed by atoms with Gasteiger partial charge in [0.25, 0.3) is 0 Å². The molecule has 0 fully saturated rings. The van der Waals surface area contributed by atoms with Crippen LogP contribution in [-0.2, 0) is 6.54 Å². The molecule has 0 amide bonds. The maximum Gasteiger partial charge on any atom is 0.0659 e. The molecule has 0 N–H and O–H groups in total. The molecule has 0 saturated carbocycles. The predicted molar refractivity (Wildman–Crippen MR) is 51.2 cm³/mol. The van der Waals surface area contributed by atoms with Gasteiger partial charge in [-0.25, -0.2) is 0 Å². The van der Waals surface area contributed by atoms with Crippen LogP contribution in [0.3, 0.4) is 0 Å². The molecule has 0 atom stereocenters. The third-order valence-electron chi connectivity index (χ3n) is 2.17. The average Bonchev–Trinajstić information content (AvgIpc) is 2.46. The molecular formula is C11H12N. The first kappa shape index (κ1) is 7.41. The van der Waals surface area contributed by atoms with E-state index in [4.69, 9.17) is 0 Å². The minimum Gasteiger partial charge on any atom is -0.340 e. The molecule has 1 radical (unpaired) electrons. The van der Waals surface area contributed by atoms with Gasteiger partial charge in [0.15, 0.2) is 0 Å². The minimum atomic E-state index is 0.993. The molecule has 1 aromatic carbocycles. The van der Waals surface area contributed by atoms with Crippen LogP contribution in [0.1, 0.15) is 12.5 Å². The number of aryl methyl sites for hydroxylation is 2. The highest BCUT2D eigenvalue weighted by atomic mass is 14.9. The Hall–Kier alpha value is -1.24. The lowest BCUT2D eigenvalue weighted by Gasteiger charge is -1.99. The zero-order valence-electron chi connectivity index (χ0n) is 7.46. The number of aromatic nitrogens is 1. The minimum absolute atomic E-state index is 0.993. The smallest absolute Gasteiger partial charge is 0.0659 e. The van der Waals surface area contributed by atoms with E-state index in [0.29, 0.717) is 0 Å². The monoisotopic (exact) mass is 158 g/mol. The summed E-state index contributed by atoms with van der Waals surface area (Å²) >= 11 is 0. The second kappa shape index (κ2) is 2.67. The Morgan fingerprint density at radius 1 is 1.42 bits per heavy atom. The van der Waals surface area contributed by atoms with E-state index < -0.39 is 0 Å². The first-order chi connectivity index (χ1) is 5.81. The van der Waals surface area contributed by atoms with Gasteiger partial charge in [-0.15, -0.1) is 0 Å². The van der Waals surface area contributed by atoms with E-state index in [0.717, 1.165) is 6.54 Å². The number of fused-ring (bicyclic) bond motifs is 1. The van der Waals surface area contributed by atoms with Crippen molar-refractivity contribution in [1.82, 2.24) is 4.57 Å². The summed E-state index contributed by atoms with van der Waals surface area (Å²) in [6.45, 7) is 5.24. The Bertz CT molecular complexity index is 398. The molecule has 0 bridgehead atoms. The zero-order valence-corrected chi connectivity index (χ0v) is 7.46. The largest absolute Gasteiger partial charge is 0.340 e. The van der Waals surface area contributed by atoms with Gasteiger partial charge < -0.3 is 4.57 Å². The predicted octanol–water partition coefficient (Wildman–Crippen LogP) is 2.77. The summed E-state index contributed by atoms with van der Waals surface area (Å²) in [5, 5.41) is 1.29. The van der Waals surface area contributed by atoms with Crippen molar-refractivity contribution < 1.29 is 0 Å². The van der Waals surface area contributed by atoms with Gasteiger partial charge in [0.2, 0.25) is 0 Å². The molecule has 0 unspecified atom stereocenters. The molecule has 0 aliphatic rings. The van der Waals surface area contributed by atoms with Crippen molar-refractivity contribution >= 4 is 10.9 Å². The van der Waals surface area contributed by atoms with Crippen LogP contribution in [0.2, 0.25) is 0 Å². The molecule has 61 valence electrons. The number of benzene rings is 1. The summed E-state index contributed by atoms with van der Waals surface area (Å²) in [4.78, 5) is 0. The van der Waals surface area contributed by atoms with E-state index in [1.807, 2.05) is 6.07 Å². The summed E-state index contributed by atoms with van der Waals surface area (Å²) in [6.07, 6.45) is 3.21. The lowest BCUT2D eigenvalue weighted by atomic mass is 10.2. The second-order valence-corrected chi connectivity index (χ2v) is 3.08. The van der Waals surface area contributed by atoms with Crippen molar-refractivity contribution in [2.45, 2.75) is 20.4 Å². The van der Waals surface area contributed by atoms with Crippen molar-refractivity contribution in [3.63, 3.8) is 0 Å². The normalized spacial score (nSPS) is 10.8. The summed E-state index contributed by atoms with van der Waals surface area (Å²) < 4.78 is 2.13. The van der Waals surface area contributed by atoms with Crippen LogP contribution in [0, 0.1) is 13.1 Å². The van der Waals surface area contributed by atoms with Crippen molar-refractivity contribution in [3.8, 4) is 0 Å². The van der Waals surface area contributed by atoms with E-state index >= 15 is 0 Å². The van der Waals surface area contributed by atoms with E-state index in [1.165, 1.54) is 16.5 Å². The standard InChI is InChI=1S/C11H12N/c1-3-12-7-6-10-8-9(2)4-5-11(10)12/h4-6,8H,3H2,1-2H3. The zero-order chi connectivity index (χ0) is 8.55. The van der Waals surface area contributed by atoms with Crippen LogP contribution in [0.15, 0.2) is 24.3 Å². The van der Waals surface area contributed by atoms with E-state index in [1.54, 1.807) is 0 Å². The Labute approximate surface area is 72.6 Å². The molecule has 1 heterocycles. The average molecular weight is 158 g/mol. The molecular weight excluding hydrogens is 146 g/mol. The summed E-state index contributed by atoms with van der Waals surface area (Å²) in [5.41, 5.74) is 2.59. The Balaban J connectivity index is 2.73. The van der Waals surface area contributed by atoms with Gasteiger partial charge in [-0.3, -0.25) is 0 Å². The van der Waals surface area contributed by atoms with Gasteiger partial charge in [-0.05, 0) is 32.0 Å². The fraction of sp³-hybridized carbons (Fsp3) is 0.273. The topological polar surface area (TPSA) is 4.93 Å². The van der Waals surface area contributed by atoms with Crippen molar-refractivity contribution in [1.29, 1.82) is 0 Å². The Kier molecular flexibility index (Phi) is 1.65. The number of rotatable bonds is 1. The molecule has 2 aromatic rings. The third kappa shape index (κ3) is 1.02. The highest BCUT2D eigenvalue weighted by molar-refractivity contribution is 5.80. The summed E-state index contributed by atoms with van der Waals surface area (Å²) in [7, 11) is 0. The first-order valence-electron chi connectivity index (χ1n) is 4.29. The fourth-order valence-corrected chi connectivity index (χ4v) is 1.51. The molecule has 1 aromatic heterocycles. The SMILES string of the molecule is CCn1[c]cc2cc(C)ccc21. The fourth-order valence-electron chi connectivity index (χ4n) is 1.51. The first-order valence-corrected chi connectivity index (χ1v) is 4.29. The second-order valence-electron chi connectivity index (χ2n) is 3.08. The number of hydrogen-bond acceptors (Lipinski definition) is 0.